The number of nitrogens with one attached hydrogen (secondary N) is 2. The van der Waals surface area contributed by atoms with E-state index in [4.69, 9.17) is 9.47 Å². The summed E-state index contributed by atoms with van der Waals surface area (Å²) in [5, 5.41) is 3.49. The number of aromatic amines is 1. The lowest BCUT2D eigenvalue weighted by atomic mass is 9.87. The third-order valence-corrected chi connectivity index (χ3v) is 8.69. The number of halogens is 3. The number of H-pyrrole nitrogens is 1. The molecule has 1 aromatic heterocycles. The van der Waals surface area contributed by atoms with E-state index >= 15 is 0 Å². The number of methoxy groups -OCH3 is 2. The minimum Gasteiger partial charge on any atom is -0.493 e. The van der Waals surface area contributed by atoms with Crippen LogP contribution >= 0.6 is 0 Å². The molecule has 8 nitrogen and oxygen atoms in total. The van der Waals surface area contributed by atoms with Crippen molar-refractivity contribution < 1.29 is 32.2 Å². The van der Waals surface area contributed by atoms with Gasteiger partial charge in [-0.3, -0.25) is 14.5 Å². The Hall–Kier alpha value is -3.73. The first-order chi connectivity index (χ1) is 20.6. The van der Waals surface area contributed by atoms with E-state index in [0.717, 1.165) is 44.5 Å². The van der Waals surface area contributed by atoms with Crippen LogP contribution in [0.25, 0.3) is 22.2 Å². The molecule has 5 rings (SSSR count). The van der Waals surface area contributed by atoms with Gasteiger partial charge in [0, 0.05) is 55.5 Å². The van der Waals surface area contributed by atoms with Gasteiger partial charge in [-0.15, -0.1) is 0 Å². The Kier molecular flexibility index (Phi) is 9.19. The van der Waals surface area contributed by atoms with Crippen LogP contribution in [0.1, 0.15) is 49.7 Å². The van der Waals surface area contributed by atoms with Crippen molar-refractivity contribution in [1.29, 1.82) is 0 Å². The van der Waals surface area contributed by atoms with E-state index in [1.54, 1.807) is 18.2 Å². The highest BCUT2D eigenvalue weighted by molar-refractivity contribution is 5.92. The topological polar surface area (TPSA) is 86.9 Å². The Morgan fingerprint density at radius 1 is 1.07 bits per heavy atom. The van der Waals surface area contributed by atoms with Gasteiger partial charge in [-0.2, -0.15) is 13.2 Å². The Bertz CT molecular complexity index is 1460. The van der Waals surface area contributed by atoms with E-state index in [2.05, 4.69) is 15.2 Å². The van der Waals surface area contributed by atoms with Gasteiger partial charge < -0.3 is 24.7 Å². The number of nitrogens with zero attached hydrogens (tertiary/aromatic N) is 2. The standard InChI is InChI=1S/C32H39F3N4O4/c1-20(40)36-18-24(19-39-12-4-5-30(39)41)38-13-10-21(11-14-38)22-6-8-27-25(15-22)26(17-32(33,34)35)31(37-27)23-7-9-28(42-2)29(16-23)43-3/h6-9,15-16,21,24,37H,4-5,10-14,17-19H2,1-3H3,(H,36,40). The highest BCUT2D eigenvalue weighted by Crippen LogP contribution is 2.40. The molecule has 0 bridgehead atoms. The number of alkyl halides is 3. The molecular weight excluding hydrogens is 561 g/mol. The molecule has 2 saturated heterocycles. The third kappa shape index (κ3) is 7.09. The molecule has 0 aliphatic carbocycles. The number of fused-ring (bicyclic) bond motifs is 1. The molecular formula is C32H39F3N4O4. The van der Waals surface area contributed by atoms with Crippen LogP contribution in [0.3, 0.4) is 0 Å². The fraction of sp³-hybridized carbons (Fsp3) is 0.500. The summed E-state index contributed by atoms with van der Waals surface area (Å²) in [5.74, 6) is 1.18. The molecule has 2 aliphatic rings. The van der Waals surface area contributed by atoms with Gasteiger partial charge in [0.15, 0.2) is 11.5 Å². The van der Waals surface area contributed by atoms with Crippen molar-refractivity contribution in [3.63, 3.8) is 0 Å². The zero-order chi connectivity index (χ0) is 30.7. The Balaban J connectivity index is 1.38. The maximum Gasteiger partial charge on any atom is 0.393 e. The van der Waals surface area contributed by atoms with Gasteiger partial charge >= 0.3 is 6.18 Å². The summed E-state index contributed by atoms with van der Waals surface area (Å²) < 4.78 is 52.3. The first kappa shape index (κ1) is 30.7. The van der Waals surface area contributed by atoms with Crippen LogP contribution in [0.5, 0.6) is 11.5 Å². The van der Waals surface area contributed by atoms with Crippen molar-refractivity contribution in [1.82, 2.24) is 20.1 Å². The maximum atomic E-state index is 13.8. The highest BCUT2D eigenvalue weighted by atomic mass is 19.4. The predicted molar refractivity (Wildman–Crippen MR) is 158 cm³/mol. The fourth-order valence-corrected chi connectivity index (χ4v) is 6.46. The lowest BCUT2D eigenvalue weighted by molar-refractivity contribution is -0.128. The number of hydrogen-bond donors (Lipinski definition) is 2. The van der Waals surface area contributed by atoms with Crippen molar-refractivity contribution in [2.45, 2.75) is 57.2 Å². The van der Waals surface area contributed by atoms with Gasteiger partial charge in [0.25, 0.3) is 0 Å². The molecule has 2 fully saturated rings. The van der Waals surface area contributed by atoms with Gasteiger partial charge in [-0.05, 0) is 79.7 Å². The molecule has 11 heteroatoms. The van der Waals surface area contributed by atoms with Crippen LogP contribution in [-0.4, -0.2) is 85.8 Å². The largest absolute Gasteiger partial charge is 0.493 e. The Labute approximate surface area is 249 Å². The lowest BCUT2D eigenvalue weighted by Crippen LogP contribution is -2.52. The summed E-state index contributed by atoms with van der Waals surface area (Å²) in [6.07, 6.45) is -2.35. The maximum absolute atomic E-state index is 13.8. The number of rotatable bonds is 10. The third-order valence-electron chi connectivity index (χ3n) is 8.69. The molecule has 43 heavy (non-hydrogen) atoms. The molecule has 2 amide bonds. The van der Waals surface area contributed by atoms with Crippen molar-refractivity contribution in [2.75, 3.05) is 46.9 Å². The summed E-state index contributed by atoms with van der Waals surface area (Å²) in [6, 6.07) is 10.9. The average Bonchev–Trinajstić information content (AvgIpc) is 3.56. The summed E-state index contributed by atoms with van der Waals surface area (Å²) >= 11 is 0. The van der Waals surface area contributed by atoms with Crippen LogP contribution in [-0.2, 0) is 16.0 Å². The van der Waals surface area contributed by atoms with Crippen LogP contribution in [0.4, 0.5) is 13.2 Å². The van der Waals surface area contributed by atoms with Gasteiger partial charge in [-0.1, -0.05) is 6.07 Å². The molecule has 3 aromatic rings. The number of benzene rings is 2. The molecule has 2 aromatic carbocycles. The van der Waals surface area contributed by atoms with Crippen LogP contribution in [0, 0.1) is 0 Å². The second-order valence-electron chi connectivity index (χ2n) is 11.5. The Morgan fingerprint density at radius 2 is 1.81 bits per heavy atom. The van der Waals surface area contributed by atoms with Gasteiger partial charge in [0.05, 0.1) is 26.3 Å². The molecule has 2 aliphatic heterocycles. The van der Waals surface area contributed by atoms with Crippen LogP contribution < -0.4 is 14.8 Å². The summed E-state index contributed by atoms with van der Waals surface area (Å²) in [7, 11) is 3.01. The number of carbonyl (C=O) groups is 2. The van der Waals surface area contributed by atoms with Gasteiger partial charge in [-0.25, -0.2) is 0 Å². The second-order valence-corrected chi connectivity index (χ2v) is 11.5. The van der Waals surface area contributed by atoms with E-state index in [1.807, 2.05) is 23.1 Å². The molecule has 232 valence electrons. The van der Waals surface area contributed by atoms with Gasteiger partial charge in [0.2, 0.25) is 11.8 Å². The minimum atomic E-state index is -4.39. The predicted octanol–water partition coefficient (Wildman–Crippen LogP) is 5.26. The monoisotopic (exact) mass is 600 g/mol. The zero-order valence-electron chi connectivity index (χ0n) is 24.9. The molecule has 0 radical (unpaired) electrons. The van der Waals surface area contributed by atoms with Crippen LogP contribution in [0.2, 0.25) is 0 Å². The zero-order valence-corrected chi connectivity index (χ0v) is 24.9. The molecule has 3 heterocycles. The SMILES string of the molecule is COc1ccc(-c2[nH]c3ccc(C4CCN(C(CNC(C)=O)CN5CCCC5=O)CC4)cc3c2CC(F)(F)F)cc1OC. The number of ether oxygens (including phenoxy) is 2. The number of hydrogen-bond acceptors (Lipinski definition) is 5. The van der Waals surface area contributed by atoms with E-state index in [9.17, 15) is 22.8 Å². The Morgan fingerprint density at radius 3 is 2.44 bits per heavy atom. The normalized spacial score (nSPS) is 17.4. The molecule has 0 saturated carbocycles. The van der Waals surface area contributed by atoms with Gasteiger partial charge in [0.1, 0.15) is 0 Å². The van der Waals surface area contributed by atoms with E-state index in [0.29, 0.717) is 53.2 Å². The first-order valence-corrected chi connectivity index (χ1v) is 14.8. The molecule has 0 spiro atoms. The molecule has 1 unspecified atom stereocenters. The number of piperidine rings is 1. The summed E-state index contributed by atoms with van der Waals surface area (Å²) in [6.45, 7) is 4.83. The average molecular weight is 601 g/mol. The van der Waals surface area contributed by atoms with Crippen LogP contribution in [0.15, 0.2) is 36.4 Å². The van der Waals surface area contributed by atoms with E-state index in [1.165, 1.54) is 21.1 Å². The quantitative estimate of drug-likeness (QED) is 0.332. The number of carbonyl (C=O) groups excluding carboxylic acids is 2. The summed E-state index contributed by atoms with van der Waals surface area (Å²) in [5.41, 5.74) is 2.87. The first-order valence-electron chi connectivity index (χ1n) is 14.8. The number of likely N-dealkylation sites (tertiary alicyclic amines) is 2. The smallest absolute Gasteiger partial charge is 0.393 e. The van der Waals surface area contributed by atoms with E-state index in [-0.39, 0.29) is 29.3 Å². The number of amides is 2. The second kappa shape index (κ2) is 12.9. The van der Waals surface area contributed by atoms with Crippen molar-refractivity contribution in [2.24, 2.45) is 0 Å². The molecule has 2 N–H and O–H groups in total. The molecule has 1 atom stereocenters. The fourth-order valence-electron chi connectivity index (χ4n) is 6.46. The van der Waals surface area contributed by atoms with Crippen molar-refractivity contribution in [3.8, 4) is 22.8 Å². The summed E-state index contributed by atoms with van der Waals surface area (Å²) in [4.78, 5) is 31.4. The minimum absolute atomic E-state index is 0.0153. The van der Waals surface area contributed by atoms with E-state index < -0.39 is 12.6 Å². The lowest BCUT2D eigenvalue weighted by Gasteiger charge is -2.39. The highest BCUT2D eigenvalue weighted by Gasteiger charge is 2.33. The van der Waals surface area contributed by atoms with Crippen molar-refractivity contribution in [3.05, 3.63) is 47.5 Å². The number of aromatic nitrogens is 1. The van der Waals surface area contributed by atoms with Crippen molar-refractivity contribution >= 4 is 22.7 Å².